The van der Waals surface area contributed by atoms with Crippen LogP contribution in [0.2, 0.25) is 0 Å². The third-order valence-electron chi connectivity index (χ3n) is 3.22. The normalized spacial score (nSPS) is 18.3. The van der Waals surface area contributed by atoms with Crippen molar-refractivity contribution in [1.82, 2.24) is 4.90 Å². The second-order valence-electron chi connectivity index (χ2n) is 4.36. The Morgan fingerprint density at radius 3 is 2.89 bits per heavy atom. The third kappa shape index (κ3) is 2.50. The number of rotatable bonds is 3. The average molecular weight is 266 g/mol. The van der Waals surface area contributed by atoms with Gasteiger partial charge in [-0.3, -0.25) is 14.9 Å². The highest BCUT2D eigenvalue weighted by molar-refractivity contribution is 5.98. The van der Waals surface area contributed by atoms with Crippen LogP contribution in [0.4, 0.5) is 5.69 Å². The van der Waals surface area contributed by atoms with Crippen LogP contribution in [0, 0.1) is 10.1 Å². The summed E-state index contributed by atoms with van der Waals surface area (Å²) in [6, 6.07) is 3.84. The predicted molar refractivity (Wildman–Crippen MR) is 66.1 cm³/mol. The number of likely N-dealkylation sites (N-methyl/N-ethyl adjacent to an activating group) is 1. The molecular formula is C12H14N2O5. The van der Waals surface area contributed by atoms with E-state index in [0.29, 0.717) is 13.2 Å². The molecule has 1 aromatic carbocycles. The molecule has 1 N–H and O–H groups in total. The van der Waals surface area contributed by atoms with Crippen LogP contribution in [0.5, 0.6) is 5.75 Å². The van der Waals surface area contributed by atoms with Gasteiger partial charge < -0.3 is 14.7 Å². The minimum atomic E-state index is -0.717. The van der Waals surface area contributed by atoms with Gasteiger partial charge in [0, 0.05) is 19.7 Å². The molecule has 1 fully saturated rings. The lowest BCUT2D eigenvalue weighted by Crippen LogP contribution is -2.37. The quantitative estimate of drug-likeness (QED) is 0.654. The van der Waals surface area contributed by atoms with E-state index in [-0.39, 0.29) is 11.6 Å². The lowest BCUT2D eigenvalue weighted by atomic mass is 10.1. The zero-order valence-corrected chi connectivity index (χ0v) is 10.4. The number of amides is 1. The van der Waals surface area contributed by atoms with E-state index in [4.69, 9.17) is 4.74 Å². The van der Waals surface area contributed by atoms with E-state index in [1.807, 2.05) is 0 Å². The number of para-hydroxylation sites is 1. The standard InChI is InChI=1S/C12H14N2O5/c1-13(8-5-6-19-7-8)12(16)9-3-2-4-10(11(9)15)14(17)18/h2-4,8,15H,5-7H2,1H3. The predicted octanol–water partition coefficient (Wildman–Crippen LogP) is 1.16. The number of benzene rings is 1. The molecule has 0 aliphatic carbocycles. The van der Waals surface area contributed by atoms with Crippen LogP contribution in [0.1, 0.15) is 16.8 Å². The molecular weight excluding hydrogens is 252 g/mol. The highest BCUT2D eigenvalue weighted by Gasteiger charge is 2.28. The minimum absolute atomic E-state index is 0.0637. The van der Waals surface area contributed by atoms with Crippen molar-refractivity contribution < 1.29 is 19.6 Å². The second kappa shape index (κ2) is 5.23. The summed E-state index contributed by atoms with van der Waals surface area (Å²) in [5.41, 5.74) is -0.537. The molecule has 0 radical (unpaired) electrons. The Balaban J connectivity index is 2.28. The molecule has 0 saturated carbocycles. The lowest BCUT2D eigenvalue weighted by molar-refractivity contribution is -0.385. The van der Waals surface area contributed by atoms with Crippen molar-refractivity contribution in [2.75, 3.05) is 20.3 Å². The fourth-order valence-corrected chi connectivity index (χ4v) is 2.03. The molecule has 2 rings (SSSR count). The SMILES string of the molecule is CN(C(=O)c1cccc([N+](=O)[O-])c1O)C1CCOC1. The van der Waals surface area contributed by atoms with Gasteiger partial charge in [0.05, 0.1) is 23.1 Å². The summed E-state index contributed by atoms with van der Waals surface area (Å²) in [5.74, 6) is -1.04. The van der Waals surface area contributed by atoms with Crippen LogP contribution in [-0.2, 0) is 4.74 Å². The fourth-order valence-electron chi connectivity index (χ4n) is 2.03. The highest BCUT2D eigenvalue weighted by atomic mass is 16.6. The molecule has 0 bridgehead atoms. The van der Waals surface area contributed by atoms with Crippen molar-refractivity contribution in [3.63, 3.8) is 0 Å². The van der Waals surface area contributed by atoms with Gasteiger partial charge in [-0.15, -0.1) is 0 Å². The van der Waals surface area contributed by atoms with E-state index in [2.05, 4.69) is 0 Å². The highest BCUT2D eigenvalue weighted by Crippen LogP contribution is 2.30. The van der Waals surface area contributed by atoms with E-state index in [1.165, 1.54) is 17.0 Å². The molecule has 1 aliphatic rings. The number of nitro groups is 1. The van der Waals surface area contributed by atoms with Crippen molar-refractivity contribution in [3.8, 4) is 5.75 Å². The van der Waals surface area contributed by atoms with Crippen molar-refractivity contribution >= 4 is 11.6 Å². The number of carbonyl (C=O) groups excluding carboxylic acids is 1. The maximum Gasteiger partial charge on any atom is 0.311 e. The first kappa shape index (κ1) is 13.3. The summed E-state index contributed by atoms with van der Waals surface area (Å²) in [6.45, 7) is 1.03. The molecule has 1 aliphatic heterocycles. The van der Waals surface area contributed by atoms with Gasteiger partial charge in [-0.25, -0.2) is 0 Å². The van der Waals surface area contributed by atoms with E-state index < -0.39 is 22.3 Å². The number of aromatic hydroxyl groups is 1. The summed E-state index contributed by atoms with van der Waals surface area (Å²) in [4.78, 5) is 23.7. The van der Waals surface area contributed by atoms with Crippen molar-refractivity contribution in [2.45, 2.75) is 12.5 Å². The van der Waals surface area contributed by atoms with E-state index >= 15 is 0 Å². The van der Waals surface area contributed by atoms with Crippen LogP contribution in [0.3, 0.4) is 0 Å². The van der Waals surface area contributed by atoms with Crippen LogP contribution >= 0.6 is 0 Å². The summed E-state index contributed by atoms with van der Waals surface area (Å²) in [7, 11) is 1.60. The monoisotopic (exact) mass is 266 g/mol. The van der Waals surface area contributed by atoms with E-state index in [1.54, 1.807) is 7.05 Å². The molecule has 1 heterocycles. The summed E-state index contributed by atoms with van der Waals surface area (Å²) < 4.78 is 5.19. The lowest BCUT2D eigenvalue weighted by Gasteiger charge is -2.23. The first-order chi connectivity index (χ1) is 9.02. The Kier molecular flexibility index (Phi) is 3.66. The largest absolute Gasteiger partial charge is 0.502 e. The Labute approximate surface area is 109 Å². The van der Waals surface area contributed by atoms with Crippen LogP contribution in [0.25, 0.3) is 0 Å². The van der Waals surface area contributed by atoms with Crippen LogP contribution in [0.15, 0.2) is 18.2 Å². The molecule has 1 aromatic rings. The molecule has 102 valence electrons. The molecule has 1 saturated heterocycles. The summed E-state index contributed by atoms with van der Waals surface area (Å²) in [5, 5.41) is 20.5. The number of hydrogen-bond acceptors (Lipinski definition) is 5. The first-order valence-electron chi connectivity index (χ1n) is 5.83. The number of nitro benzene ring substituents is 1. The van der Waals surface area contributed by atoms with E-state index in [9.17, 15) is 20.0 Å². The van der Waals surface area contributed by atoms with E-state index in [0.717, 1.165) is 12.5 Å². The molecule has 1 atom stereocenters. The van der Waals surface area contributed by atoms with Gasteiger partial charge in [-0.2, -0.15) is 0 Å². The Morgan fingerprint density at radius 2 is 2.32 bits per heavy atom. The summed E-state index contributed by atoms with van der Waals surface area (Å²) >= 11 is 0. The minimum Gasteiger partial charge on any atom is -0.502 e. The number of nitrogens with zero attached hydrogens (tertiary/aromatic N) is 2. The molecule has 7 nitrogen and oxygen atoms in total. The third-order valence-corrected chi connectivity index (χ3v) is 3.22. The van der Waals surface area contributed by atoms with Crippen molar-refractivity contribution in [2.24, 2.45) is 0 Å². The Morgan fingerprint density at radius 1 is 1.58 bits per heavy atom. The van der Waals surface area contributed by atoms with Gasteiger partial charge in [0.2, 0.25) is 5.75 Å². The number of hydrogen-bond donors (Lipinski definition) is 1. The number of ether oxygens (including phenoxy) is 1. The number of carbonyl (C=O) groups is 1. The fraction of sp³-hybridized carbons (Fsp3) is 0.417. The van der Waals surface area contributed by atoms with Crippen molar-refractivity contribution in [1.29, 1.82) is 0 Å². The van der Waals surface area contributed by atoms with Gasteiger partial charge in [-0.1, -0.05) is 6.07 Å². The smallest absolute Gasteiger partial charge is 0.311 e. The molecule has 7 heteroatoms. The topological polar surface area (TPSA) is 92.9 Å². The Hall–Kier alpha value is -2.15. The second-order valence-corrected chi connectivity index (χ2v) is 4.36. The molecule has 0 aromatic heterocycles. The van der Waals surface area contributed by atoms with Gasteiger partial charge in [0.25, 0.3) is 5.91 Å². The molecule has 19 heavy (non-hydrogen) atoms. The van der Waals surface area contributed by atoms with Gasteiger partial charge >= 0.3 is 5.69 Å². The van der Waals surface area contributed by atoms with Gasteiger partial charge in [0.1, 0.15) is 0 Å². The number of phenolic OH excluding ortho intramolecular Hbond substituents is 1. The van der Waals surface area contributed by atoms with Crippen molar-refractivity contribution in [3.05, 3.63) is 33.9 Å². The molecule has 0 spiro atoms. The van der Waals surface area contributed by atoms with Crippen LogP contribution < -0.4 is 0 Å². The summed E-state index contributed by atoms with van der Waals surface area (Å²) in [6.07, 6.45) is 0.720. The van der Waals surface area contributed by atoms with Crippen LogP contribution in [-0.4, -0.2) is 47.1 Å². The molecule has 1 unspecified atom stereocenters. The zero-order valence-electron chi connectivity index (χ0n) is 10.4. The maximum absolute atomic E-state index is 12.2. The average Bonchev–Trinajstić information content (AvgIpc) is 2.90. The Bertz CT molecular complexity index is 511. The maximum atomic E-state index is 12.2. The zero-order chi connectivity index (χ0) is 14.0. The molecule has 1 amide bonds. The van der Waals surface area contributed by atoms with Gasteiger partial charge in [0.15, 0.2) is 0 Å². The first-order valence-corrected chi connectivity index (χ1v) is 5.83. The van der Waals surface area contributed by atoms with Gasteiger partial charge in [-0.05, 0) is 12.5 Å². The number of phenols is 1.